The molecule has 0 unspecified atom stereocenters. The highest BCUT2D eigenvalue weighted by atomic mass is 15.3. The van der Waals surface area contributed by atoms with Crippen LogP contribution in [0.3, 0.4) is 0 Å². The second-order valence-electron chi connectivity index (χ2n) is 7.46. The summed E-state index contributed by atoms with van der Waals surface area (Å²) in [5.74, 6) is 0. The monoisotopic (exact) mass is 385 g/mol. The van der Waals surface area contributed by atoms with Gasteiger partial charge in [-0.15, -0.1) is 0 Å². The van der Waals surface area contributed by atoms with Crippen LogP contribution >= 0.6 is 0 Å². The average molecular weight is 385 g/mol. The largest absolute Gasteiger partial charge is 0.317 e. The minimum atomic E-state index is 0.474. The van der Waals surface area contributed by atoms with E-state index in [-0.39, 0.29) is 0 Å². The topological polar surface area (TPSA) is 73.5 Å². The molecule has 4 aromatic rings. The van der Waals surface area contributed by atoms with Crippen molar-refractivity contribution in [2.75, 3.05) is 13.1 Å². The third-order valence-corrected chi connectivity index (χ3v) is 5.43. The maximum Gasteiger partial charge on any atom is 0.111 e. The lowest BCUT2D eigenvalue weighted by atomic mass is 10.0. The summed E-state index contributed by atoms with van der Waals surface area (Å²) in [4.78, 5) is 8.95. The van der Waals surface area contributed by atoms with Gasteiger partial charge in [0.25, 0.3) is 0 Å². The van der Waals surface area contributed by atoms with E-state index in [4.69, 9.17) is 0 Å². The molecule has 5 heterocycles. The summed E-state index contributed by atoms with van der Waals surface area (Å²) in [7, 11) is 1.91. The quantitative estimate of drug-likeness (QED) is 0.583. The normalized spacial score (nSPS) is 14.9. The fourth-order valence-electron chi connectivity index (χ4n) is 3.82. The highest BCUT2D eigenvalue weighted by Crippen LogP contribution is 2.28. The van der Waals surface area contributed by atoms with Crippen molar-refractivity contribution in [2.45, 2.75) is 18.9 Å². The lowest BCUT2D eigenvalue weighted by molar-refractivity contribution is 0.343. The zero-order chi connectivity index (χ0) is 19.6. The number of aryl methyl sites for hydroxylation is 1. The standard InChI is InChI=1S/C22H23N7/c1-28-9-5-21(27-28)22-11-16(2-8-25-22)17-10-18(13-24-12-17)19-14-26-29(15-19)20-3-6-23-7-4-20/h2,5,8-15,20,23H,3-4,6-7H2,1H3. The Morgan fingerprint density at radius 2 is 1.76 bits per heavy atom. The van der Waals surface area contributed by atoms with Gasteiger partial charge in [-0.05, 0) is 55.8 Å². The fraction of sp³-hybridized carbons (Fsp3) is 0.273. The molecule has 7 heteroatoms. The molecule has 0 radical (unpaired) electrons. The molecule has 1 N–H and O–H groups in total. The lowest BCUT2D eigenvalue weighted by Crippen LogP contribution is -2.29. The number of aromatic nitrogens is 6. The van der Waals surface area contributed by atoms with E-state index >= 15 is 0 Å². The summed E-state index contributed by atoms with van der Waals surface area (Å²) in [6.45, 7) is 2.11. The van der Waals surface area contributed by atoms with Crippen LogP contribution in [0.4, 0.5) is 0 Å². The Kier molecular flexibility index (Phi) is 4.65. The van der Waals surface area contributed by atoms with Gasteiger partial charge in [0, 0.05) is 54.7 Å². The summed E-state index contributed by atoms with van der Waals surface area (Å²) in [6.07, 6.45) is 13.8. The molecule has 0 atom stereocenters. The smallest absolute Gasteiger partial charge is 0.111 e. The van der Waals surface area contributed by atoms with Crippen LogP contribution in [0.2, 0.25) is 0 Å². The van der Waals surface area contributed by atoms with Crippen LogP contribution in [-0.2, 0) is 7.05 Å². The maximum absolute atomic E-state index is 4.62. The Morgan fingerprint density at radius 3 is 2.55 bits per heavy atom. The summed E-state index contributed by atoms with van der Waals surface area (Å²) < 4.78 is 3.89. The van der Waals surface area contributed by atoms with Crippen molar-refractivity contribution >= 4 is 0 Å². The van der Waals surface area contributed by atoms with Crippen molar-refractivity contribution in [3.8, 4) is 33.6 Å². The number of pyridine rings is 2. The first-order valence-corrected chi connectivity index (χ1v) is 9.93. The number of hydrogen-bond donors (Lipinski definition) is 1. The van der Waals surface area contributed by atoms with Crippen LogP contribution in [0.15, 0.2) is 61.4 Å². The van der Waals surface area contributed by atoms with Gasteiger partial charge < -0.3 is 5.32 Å². The summed E-state index contributed by atoms with van der Waals surface area (Å²) in [5, 5.41) is 12.5. The number of hydrogen-bond acceptors (Lipinski definition) is 5. The van der Waals surface area contributed by atoms with E-state index in [0.29, 0.717) is 6.04 Å². The Balaban J connectivity index is 1.44. The van der Waals surface area contributed by atoms with Crippen molar-refractivity contribution in [3.05, 3.63) is 61.4 Å². The first kappa shape index (κ1) is 17.8. The number of nitrogens with one attached hydrogen (secondary N) is 1. The number of nitrogens with zero attached hydrogens (tertiary/aromatic N) is 6. The van der Waals surface area contributed by atoms with Crippen LogP contribution in [0.5, 0.6) is 0 Å². The average Bonchev–Trinajstić information content (AvgIpc) is 3.44. The van der Waals surface area contributed by atoms with Gasteiger partial charge in [-0.25, -0.2) is 0 Å². The van der Waals surface area contributed by atoms with E-state index in [1.54, 1.807) is 4.68 Å². The second-order valence-corrected chi connectivity index (χ2v) is 7.46. The van der Waals surface area contributed by atoms with Gasteiger partial charge in [0.2, 0.25) is 0 Å². The molecule has 1 saturated heterocycles. The van der Waals surface area contributed by atoms with Gasteiger partial charge in [-0.2, -0.15) is 10.2 Å². The molecule has 1 aliphatic rings. The molecule has 1 aliphatic heterocycles. The predicted molar refractivity (Wildman–Crippen MR) is 112 cm³/mol. The molecular weight excluding hydrogens is 362 g/mol. The molecule has 7 nitrogen and oxygen atoms in total. The zero-order valence-corrected chi connectivity index (χ0v) is 16.4. The highest BCUT2D eigenvalue weighted by Gasteiger charge is 2.16. The van der Waals surface area contributed by atoms with Crippen LogP contribution < -0.4 is 5.32 Å². The lowest BCUT2D eigenvalue weighted by Gasteiger charge is -2.22. The molecule has 0 saturated carbocycles. The van der Waals surface area contributed by atoms with Gasteiger partial charge in [0.15, 0.2) is 0 Å². The zero-order valence-electron chi connectivity index (χ0n) is 16.4. The van der Waals surface area contributed by atoms with Crippen LogP contribution in [0, 0.1) is 0 Å². The minimum absolute atomic E-state index is 0.474. The molecular formula is C22H23N7. The van der Waals surface area contributed by atoms with Crippen molar-refractivity contribution < 1.29 is 0 Å². The first-order chi connectivity index (χ1) is 14.3. The molecule has 0 spiro atoms. The summed E-state index contributed by atoms with van der Waals surface area (Å²) in [5.41, 5.74) is 6.00. The van der Waals surface area contributed by atoms with E-state index in [0.717, 1.165) is 59.6 Å². The van der Waals surface area contributed by atoms with E-state index in [1.807, 2.05) is 50.2 Å². The predicted octanol–water partition coefficient (Wildman–Crippen LogP) is 3.33. The van der Waals surface area contributed by atoms with Gasteiger partial charge in [0.1, 0.15) is 5.69 Å². The summed E-state index contributed by atoms with van der Waals surface area (Å²) >= 11 is 0. The van der Waals surface area contributed by atoms with E-state index in [1.165, 1.54) is 0 Å². The van der Waals surface area contributed by atoms with Gasteiger partial charge in [-0.1, -0.05) is 0 Å². The van der Waals surface area contributed by atoms with E-state index < -0.39 is 0 Å². The molecule has 0 amide bonds. The third-order valence-electron chi connectivity index (χ3n) is 5.43. The van der Waals surface area contributed by atoms with Crippen LogP contribution in [-0.4, -0.2) is 42.6 Å². The summed E-state index contributed by atoms with van der Waals surface area (Å²) in [6, 6.07) is 8.67. The molecule has 4 aromatic heterocycles. The minimum Gasteiger partial charge on any atom is -0.317 e. The van der Waals surface area contributed by atoms with E-state index in [9.17, 15) is 0 Å². The van der Waals surface area contributed by atoms with Crippen molar-refractivity contribution in [1.82, 2.24) is 34.8 Å². The SMILES string of the molecule is Cn1ccc(-c2cc(-c3cncc(-c4cnn(C5CCNCC5)c4)c3)ccn2)n1. The third kappa shape index (κ3) is 3.69. The molecule has 1 fully saturated rings. The van der Waals surface area contributed by atoms with Crippen molar-refractivity contribution in [3.63, 3.8) is 0 Å². The molecule has 0 aromatic carbocycles. The van der Waals surface area contributed by atoms with Crippen molar-refractivity contribution in [2.24, 2.45) is 7.05 Å². The maximum atomic E-state index is 4.62. The van der Waals surface area contributed by atoms with Crippen LogP contribution in [0.1, 0.15) is 18.9 Å². The first-order valence-electron chi connectivity index (χ1n) is 9.93. The molecule has 0 aliphatic carbocycles. The molecule has 0 bridgehead atoms. The van der Waals surface area contributed by atoms with Crippen molar-refractivity contribution in [1.29, 1.82) is 0 Å². The fourth-order valence-corrected chi connectivity index (χ4v) is 3.82. The number of piperidine rings is 1. The second kappa shape index (κ2) is 7.60. The van der Waals surface area contributed by atoms with Gasteiger partial charge in [-0.3, -0.25) is 19.3 Å². The number of rotatable bonds is 4. The Labute approximate surface area is 169 Å². The van der Waals surface area contributed by atoms with Gasteiger partial charge in [0.05, 0.1) is 17.9 Å². The van der Waals surface area contributed by atoms with Crippen LogP contribution in [0.25, 0.3) is 33.6 Å². The van der Waals surface area contributed by atoms with Gasteiger partial charge >= 0.3 is 0 Å². The highest BCUT2D eigenvalue weighted by molar-refractivity contribution is 5.73. The van der Waals surface area contributed by atoms with E-state index in [2.05, 4.69) is 48.5 Å². The Bertz CT molecular complexity index is 1120. The molecule has 5 rings (SSSR count). The Hall–Kier alpha value is -3.32. The Morgan fingerprint density at radius 1 is 0.931 bits per heavy atom. The molecule has 29 heavy (non-hydrogen) atoms. The molecule has 146 valence electrons.